The lowest BCUT2D eigenvalue weighted by Gasteiger charge is -2.22. The Morgan fingerprint density at radius 1 is 1.40 bits per heavy atom. The molecule has 1 atom stereocenters. The first-order valence-electron chi connectivity index (χ1n) is 7.55. The number of fused-ring (bicyclic) bond motifs is 1. The summed E-state index contributed by atoms with van der Waals surface area (Å²) in [5.41, 5.74) is 1.33. The third-order valence-electron chi connectivity index (χ3n) is 3.68. The molecule has 0 aliphatic heterocycles. The molecule has 2 heterocycles. The quantitative estimate of drug-likeness (QED) is 0.284. The summed E-state index contributed by atoms with van der Waals surface area (Å²) in [7, 11) is 2.28. The average molecular weight is 358 g/mol. The van der Waals surface area contributed by atoms with E-state index in [2.05, 4.69) is 19.4 Å². The normalized spacial score (nSPS) is 10.6. The molecule has 0 aliphatic carbocycles. The van der Waals surface area contributed by atoms with Gasteiger partial charge in [-0.25, -0.2) is 4.79 Å². The highest BCUT2D eigenvalue weighted by molar-refractivity contribution is 7.26. The van der Waals surface area contributed by atoms with Crippen LogP contribution in [0.15, 0.2) is 38.0 Å². The van der Waals surface area contributed by atoms with Crippen molar-refractivity contribution in [3.05, 3.63) is 34.7 Å². The molecule has 0 bridgehead atoms. The molecule has 3 aromatic rings. The highest BCUT2D eigenvalue weighted by atomic mass is 31.0. The second-order valence-electron chi connectivity index (χ2n) is 5.15. The Morgan fingerprint density at radius 2 is 2.24 bits per heavy atom. The molecule has 0 fully saturated rings. The molecular formula is C16H15N4O4P. The molecule has 1 aromatic carbocycles. The Kier molecular flexibility index (Phi) is 4.96. The maximum absolute atomic E-state index is 12.2. The van der Waals surface area contributed by atoms with Crippen LogP contribution in [0.1, 0.15) is 6.92 Å². The molecule has 25 heavy (non-hydrogen) atoms. The van der Waals surface area contributed by atoms with Gasteiger partial charge in [-0.1, -0.05) is 5.16 Å². The Bertz CT molecular complexity index is 992. The van der Waals surface area contributed by atoms with Gasteiger partial charge in [0.15, 0.2) is 0 Å². The monoisotopic (exact) mass is 358 g/mol. The summed E-state index contributed by atoms with van der Waals surface area (Å²) >= 11 is 0. The lowest BCUT2D eigenvalue weighted by molar-refractivity contribution is 0.277. The molecular weight excluding hydrogens is 343 g/mol. The number of likely N-dealkylation sites (N-methyl/N-ethyl adjacent to an activating group) is 1. The Labute approximate surface area is 145 Å². The first-order valence-corrected chi connectivity index (χ1v) is 8.13. The van der Waals surface area contributed by atoms with Crippen molar-refractivity contribution < 1.29 is 13.7 Å². The largest absolute Gasteiger partial charge is 0.426 e. The highest BCUT2D eigenvalue weighted by Gasteiger charge is 2.14. The number of nitrogens with zero attached hydrogens (tertiary/aromatic N) is 4. The summed E-state index contributed by atoms with van der Waals surface area (Å²) in [6.45, 7) is 3.56. The minimum absolute atomic E-state index is 0.188. The topological polar surface area (TPSA) is 105 Å². The van der Waals surface area contributed by atoms with Gasteiger partial charge in [-0.2, -0.15) is 10.2 Å². The van der Waals surface area contributed by atoms with E-state index in [-0.39, 0.29) is 11.4 Å². The van der Waals surface area contributed by atoms with Crippen molar-refractivity contribution in [3.63, 3.8) is 0 Å². The average Bonchev–Trinajstić information content (AvgIpc) is 3.04. The first-order chi connectivity index (χ1) is 12.1. The predicted molar refractivity (Wildman–Crippen MR) is 94.6 cm³/mol. The molecule has 0 spiro atoms. The smallest absolute Gasteiger partial charge is 0.347 e. The second-order valence-corrected chi connectivity index (χ2v) is 5.64. The van der Waals surface area contributed by atoms with E-state index in [1.54, 1.807) is 18.4 Å². The van der Waals surface area contributed by atoms with E-state index in [0.29, 0.717) is 24.4 Å². The number of benzene rings is 1. The summed E-state index contributed by atoms with van der Waals surface area (Å²) < 4.78 is 15.0. The number of anilines is 1. The van der Waals surface area contributed by atoms with Crippen molar-refractivity contribution in [2.45, 2.75) is 6.92 Å². The van der Waals surface area contributed by atoms with Crippen LogP contribution in [0.5, 0.6) is 0 Å². The Balaban J connectivity index is 1.96. The molecule has 9 heteroatoms. The summed E-state index contributed by atoms with van der Waals surface area (Å²) in [4.78, 5) is 18.3. The zero-order valence-electron chi connectivity index (χ0n) is 13.4. The standard InChI is InChI=1S/C16H15N4O4P/c1-2-20(5-6-22-9-17)11-4-3-10-7-12(14-18-16(25)24-19-14)15(21)23-13(10)8-11/h3-4,7-8H,2,5-6,25H2,1H3. The summed E-state index contributed by atoms with van der Waals surface area (Å²) in [6, 6.07) is 7.23. The summed E-state index contributed by atoms with van der Waals surface area (Å²) in [5.74, 6) is 0.188. The van der Waals surface area contributed by atoms with Crippen molar-refractivity contribution in [3.8, 4) is 17.6 Å². The lowest BCUT2D eigenvalue weighted by atomic mass is 10.1. The number of hydrogen-bond acceptors (Lipinski definition) is 8. The van der Waals surface area contributed by atoms with Gasteiger partial charge in [0.05, 0.1) is 6.54 Å². The first kappa shape index (κ1) is 16.9. The Morgan fingerprint density at radius 3 is 2.92 bits per heavy atom. The minimum atomic E-state index is -0.536. The van der Waals surface area contributed by atoms with Crippen molar-refractivity contribution in [2.75, 3.05) is 24.6 Å². The van der Waals surface area contributed by atoms with Crippen LogP contribution in [-0.4, -0.2) is 29.8 Å². The van der Waals surface area contributed by atoms with Crippen LogP contribution >= 0.6 is 9.24 Å². The van der Waals surface area contributed by atoms with E-state index in [0.717, 1.165) is 17.6 Å². The molecule has 0 saturated heterocycles. The molecule has 0 radical (unpaired) electrons. The van der Waals surface area contributed by atoms with Crippen LogP contribution in [0.3, 0.4) is 0 Å². The molecule has 0 amide bonds. The van der Waals surface area contributed by atoms with Gasteiger partial charge in [0.2, 0.25) is 11.5 Å². The Hall–Kier alpha value is -2.91. The maximum atomic E-state index is 12.2. The van der Waals surface area contributed by atoms with E-state index in [4.69, 9.17) is 18.9 Å². The van der Waals surface area contributed by atoms with Crippen LogP contribution in [-0.2, 0) is 4.74 Å². The molecule has 8 nitrogen and oxygen atoms in total. The number of nitriles is 1. The van der Waals surface area contributed by atoms with E-state index in [1.165, 1.54) is 0 Å². The number of aromatic nitrogens is 2. The fourth-order valence-corrected chi connectivity index (χ4v) is 2.64. The zero-order valence-corrected chi connectivity index (χ0v) is 14.6. The molecule has 128 valence electrons. The third-order valence-corrected chi connectivity index (χ3v) is 3.91. The van der Waals surface area contributed by atoms with Gasteiger partial charge in [-0.05, 0) is 34.4 Å². The highest BCUT2D eigenvalue weighted by Crippen LogP contribution is 2.24. The fourth-order valence-electron chi connectivity index (χ4n) is 2.47. The van der Waals surface area contributed by atoms with Gasteiger partial charge < -0.3 is 18.6 Å². The van der Waals surface area contributed by atoms with E-state index < -0.39 is 5.63 Å². The van der Waals surface area contributed by atoms with Crippen LogP contribution in [0, 0.1) is 11.5 Å². The van der Waals surface area contributed by atoms with Gasteiger partial charge in [0.1, 0.15) is 17.8 Å². The number of ether oxygens (including phenoxy) is 1. The lowest BCUT2D eigenvalue weighted by Crippen LogP contribution is -2.26. The molecule has 0 aliphatic rings. The van der Waals surface area contributed by atoms with Gasteiger partial charge >= 0.3 is 5.63 Å². The van der Waals surface area contributed by atoms with Gasteiger partial charge in [0, 0.05) is 23.7 Å². The van der Waals surface area contributed by atoms with Crippen LogP contribution in [0.2, 0.25) is 0 Å². The van der Waals surface area contributed by atoms with Crippen molar-refractivity contribution in [1.82, 2.24) is 10.1 Å². The second kappa shape index (κ2) is 7.32. The van der Waals surface area contributed by atoms with E-state index in [1.807, 2.05) is 24.0 Å². The molecule has 0 N–H and O–H groups in total. The molecule has 3 rings (SSSR count). The fraction of sp³-hybridized carbons (Fsp3) is 0.250. The predicted octanol–water partition coefficient (Wildman–Crippen LogP) is 1.67. The number of hydrogen-bond donors (Lipinski definition) is 0. The zero-order chi connectivity index (χ0) is 17.8. The molecule has 0 saturated carbocycles. The van der Waals surface area contributed by atoms with E-state index >= 15 is 0 Å². The molecule has 2 aromatic heterocycles. The summed E-state index contributed by atoms with van der Waals surface area (Å²) in [6.07, 6.45) is 1.65. The third kappa shape index (κ3) is 3.62. The summed E-state index contributed by atoms with van der Waals surface area (Å²) in [5, 5.41) is 12.9. The number of rotatable bonds is 6. The van der Waals surface area contributed by atoms with Crippen molar-refractivity contribution >= 4 is 31.5 Å². The molecule has 1 unspecified atom stereocenters. The minimum Gasteiger partial charge on any atom is -0.426 e. The van der Waals surface area contributed by atoms with Crippen LogP contribution < -0.4 is 16.2 Å². The van der Waals surface area contributed by atoms with Gasteiger partial charge in [0.25, 0.3) is 6.26 Å². The van der Waals surface area contributed by atoms with E-state index in [9.17, 15) is 4.79 Å². The maximum Gasteiger partial charge on any atom is 0.347 e. The van der Waals surface area contributed by atoms with Gasteiger partial charge in [-0.3, -0.25) is 0 Å². The van der Waals surface area contributed by atoms with Crippen LogP contribution in [0.4, 0.5) is 5.69 Å². The van der Waals surface area contributed by atoms with Crippen molar-refractivity contribution in [2.24, 2.45) is 0 Å². The van der Waals surface area contributed by atoms with Crippen LogP contribution in [0.25, 0.3) is 22.4 Å². The van der Waals surface area contributed by atoms with Gasteiger partial charge in [-0.15, -0.1) is 0 Å². The van der Waals surface area contributed by atoms with Crippen molar-refractivity contribution in [1.29, 1.82) is 5.26 Å². The SMILES string of the molecule is CCN(CCOC#N)c1ccc2cc(-c3noc(P)n3)c(=O)oc2c1.